The molecule has 1 aliphatic heterocycles. The zero-order valence-corrected chi connectivity index (χ0v) is 17.5. The van der Waals surface area contributed by atoms with Crippen LogP contribution in [-0.4, -0.2) is 28.5 Å². The summed E-state index contributed by atoms with van der Waals surface area (Å²) < 4.78 is 90.2. The monoisotopic (exact) mass is 482 g/mol. The van der Waals surface area contributed by atoms with Gasteiger partial charge in [-0.05, 0) is 42.5 Å². The molecule has 0 spiro atoms. The fourth-order valence-electron chi connectivity index (χ4n) is 2.87. The summed E-state index contributed by atoms with van der Waals surface area (Å²) in [5, 5.41) is -0.676. The SMILES string of the molecule is C[C@@H]1CS(=O)(=O)N(c2ccc(S(=O)(=O)Nc3ccc(C(F)(F)F)c(Cl)c3)cc2)C1=O. The average molecular weight is 483 g/mol. The molecule has 1 saturated heterocycles. The van der Waals surface area contributed by atoms with E-state index in [1.165, 1.54) is 6.92 Å². The number of nitrogens with zero attached hydrogens (tertiary/aromatic N) is 1. The van der Waals surface area contributed by atoms with Gasteiger partial charge in [0, 0.05) is 0 Å². The summed E-state index contributed by atoms with van der Waals surface area (Å²) in [5.74, 6) is -1.69. The summed E-state index contributed by atoms with van der Waals surface area (Å²) in [6.07, 6.45) is -4.69. The van der Waals surface area contributed by atoms with Gasteiger partial charge in [0.15, 0.2) is 0 Å². The van der Waals surface area contributed by atoms with E-state index < -0.39 is 48.6 Å². The van der Waals surface area contributed by atoms with E-state index in [0.29, 0.717) is 10.4 Å². The molecule has 3 rings (SSSR count). The van der Waals surface area contributed by atoms with Crippen LogP contribution in [-0.2, 0) is 31.0 Å². The van der Waals surface area contributed by atoms with Crippen molar-refractivity contribution in [2.75, 3.05) is 14.8 Å². The molecular weight excluding hydrogens is 469 g/mol. The molecule has 2 aromatic carbocycles. The molecule has 0 saturated carbocycles. The van der Waals surface area contributed by atoms with Gasteiger partial charge in [0.25, 0.3) is 10.0 Å². The fraction of sp³-hybridized carbons (Fsp3) is 0.235. The minimum Gasteiger partial charge on any atom is -0.280 e. The summed E-state index contributed by atoms with van der Waals surface area (Å²) in [5.41, 5.74) is -1.31. The van der Waals surface area contributed by atoms with Gasteiger partial charge in [0.2, 0.25) is 15.9 Å². The lowest BCUT2D eigenvalue weighted by atomic mass is 10.2. The fourth-order valence-corrected chi connectivity index (χ4v) is 6.03. The number of amides is 1. The van der Waals surface area contributed by atoms with Crippen molar-refractivity contribution in [1.82, 2.24) is 0 Å². The molecule has 7 nitrogen and oxygen atoms in total. The number of alkyl halides is 3. The van der Waals surface area contributed by atoms with Gasteiger partial charge in [0.05, 0.1) is 38.5 Å². The predicted molar refractivity (Wildman–Crippen MR) is 104 cm³/mol. The van der Waals surface area contributed by atoms with Crippen LogP contribution in [0.4, 0.5) is 24.5 Å². The second-order valence-electron chi connectivity index (χ2n) is 6.57. The van der Waals surface area contributed by atoms with E-state index in [1.807, 2.05) is 0 Å². The molecule has 0 aliphatic carbocycles. The predicted octanol–water partition coefficient (Wildman–Crippen LogP) is 3.47. The lowest BCUT2D eigenvalue weighted by molar-refractivity contribution is -0.137. The third kappa shape index (κ3) is 4.25. The van der Waals surface area contributed by atoms with Crippen LogP contribution in [0.5, 0.6) is 0 Å². The summed E-state index contributed by atoms with van der Waals surface area (Å²) in [7, 11) is -8.06. The molecule has 0 bridgehead atoms. The van der Waals surface area contributed by atoms with Gasteiger partial charge in [-0.25, -0.2) is 21.1 Å². The smallest absolute Gasteiger partial charge is 0.280 e. The van der Waals surface area contributed by atoms with Crippen LogP contribution in [0, 0.1) is 5.92 Å². The zero-order chi connectivity index (χ0) is 22.5. The second kappa shape index (κ2) is 7.43. The number of sulfonamides is 2. The molecular formula is C17H14ClF3N2O5S2. The summed E-state index contributed by atoms with van der Waals surface area (Å²) in [6.45, 7) is 1.47. The van der Waals surface area contributed by atoms with Gasteiger partial charge >= 0.3 is 6.18 Å². The van der Waals surface area contributed by atoms with Crippen molar-refractivity contribution in [3.8, 4) is 0 Å². The first-order chi connectivity index (χ1) is 13.7. The van der Waals surface area contributed by atoms with E-state index in [9.17, 15) is 34.8 Å². The Labute approximate surface area is 175 Å². The van der Waals surface area contributed by atoms with Crippen molar-refractivity contribution in [3.63, 3.8) is 0 Å². The van der Waals surface area contributed by atoms with Crippen molar-refractivity contribution in [3.05, 3.63) is 53.1 Å². The second-order valence-corrected chi connectivity index (χ2v) is 10.5. The molecule has 30 heavy (non-hydrogen) atoms. The highest BCUT2D eigenvalue weighted by molar-refractivity contribution is 7.94. The van der Waals surface area contributed by atoms with E-state index in [2.05, 4.69) is 4.72 Å². The third-order valence-corrected chi connectivity index (χ3v) is 7.85. The largest absolute Gasteiger partial charge is 0.417 e. The highest BCUT2D eigenvalue weighted by Crippen LogP contribution is 2.36. The molecule has 1 amide bonds. The Balaban J connectivity index is 1.86. The number of nitrogens with one attached hydrogen (secondary N) is 1. The van der Waals surface area contributed by atoms with Crippen LogP contribution in [0.25, 0.3) is 0 Å². The number of halogens is 4. The van der Waals surface area contributed by atoms with Crippen LogP contribution < -0.4 is 9.03 Å². The maximum atomic E-state index is 12.8. The number of carbonyl (C=O) groups excluding carboxylic acids is 1. The molecule has 162 valence electrons. The van der Waals surface area contributed by atoms with E-state index in [0.717, 1.165) is 36.4 Å². The minimum absolute atomic E-state index is 0.0131. The standard InChI is InChI=1S/C17H14ClF3N2O5S2/c1-10-9-29(25,26)23(16(10)24)12-3-5-13(6-4-12)30(27,28)22-11-2-7-14(15(18)8-11)17(19,20)21/h2-8,10,22H,9H2,1H3/t10-/m1/s1. The first-order valence-electron chi connectivity index (χ1n) is 8.29. The highest BCUT2D eigenvalue weighted by Gasteiger charge is 2.42. The van der Waals surface area contributed by atoms with Crippen molar-refractivity contribution < 1.29 is 34.8 Å². The Morgan fingerprint density at radius 1 is 1.13 bits per heavy atom. The average Bonchev–Trinajstić information content (AvgIpc) is 2.80. The van der Waals surface area contributed by atoms with Crippen LogP contribution >= 0.6 is 11.6 Å². The molecule has 1 aliphatic rings. The summed E-state index contributed by atoms with van der Waals surface area (Å²) in [6, 6.07) is 6.85. The Morgan fingerprint density at radius 3 is 2.20 bits per heavy atom. The molecule has 1 atom stereocenters. The maximum absolute atomic E-state index is 12.8. The van der Waals surface area contributed by atoms with Crippen LogP contribution in [0.1, 0.15) is 12.5 Å². The van der Waals surface area contributed by atoms with Crippen molar-refractivity contribution in [2.24, 2.45) is 5.92 Å². The molecule has 0 unspecified atom stereocenters. The van der Waals surface area contributed by atoms with Gasteiger partial charge < -0.3 is 0 Å². The number of hydrogen-bond donors (Lipinski definition) is 1. The number of benzene rings is 2. The number of anilines is 2. The van der Waals surface area contributed by atoms with Gasteiger partial charge in [0.1, 0.15) is 0 Å². The van der Waals surface area contributed by atoms with Gasteiger partial charge in [-0.15, -0.1) is 0 Å². The Hall–Kier alpha value is -2.31. The minimum atomic E-state index is -4.69. The Morgan fingerprint density at radius 2 is 1.73 bits per heavy atom. The normalized spacial score (nSPS) is 19.2. The van der Waals surface area contributed by atoms with Crippen molar-refractivity contribution >= 4 is 48.9 Å². The quantitative estimate of drug-likeness (QED) is 0.719. The topological polar surface area (TPSA) is 101 Å². The molecule has 1 N–H and O–H groups in total. The first kappa shape index (κ1) is 22.4. The number of carbonyl (C=O) groups is 1. The zero-order valence-electron chi connectivity index (χ0n) is 15.1. The van der Waals surface area contributed by atoms with Crippen LogP contribution in [0.15, 0.2) is 47.4 Å². The maximum Gasteiger partial charge on any atom is 0.417 e. The van der Waals surface area contributed by atoms with E-state index in [1.54, 1.807) is 0 Å². The lowest BCUT2D eigenvalue weighted by Crippen LogP contribution is -2.30. The highest BCUT2D eigenvalue weighted by atomic mass is 35.5. The molecule has 1 fully saturated rings. The van der Waals surface area contributed by atoms with Crippen molar-refractivity contribution in [1.29, 1.82) is 0 Å². The Kier molecular flexibility index (Phi) is 5.54. The summed E-state index contributed by atoms with van der Waals surface area (Å²) in [4.78, 5) is 11.8. The third-order valence-electron chi connectivity index (χ3n) is 4.27. The Bertz CT molecular complexity index is 1210. The van der Waals surface area contributed by atoms with Gasteiger partial charge in [-0.1, -0.05) is 18.5 Å². The number of rotatable bonds is 4. The van der Waals surface area contributed by atoms with E-state index in [4.69, 9.17) is 11.6 Å². The lowest BCUT2D eigenvalue weighted by Gasteiger charge is -2.16. The molecule has 0 aromatic heterocycles. The summed E-state index contributed by atoms with van der Waals surface area (Å²) >= 11 is 5.59. The number of hydrogen-bond acceptors (Lipinski definition) is 5. The van der Waals surface area contributed by atoms with Crippen LogP contribution in [0.2, 0.25) is 5.02 Å². The molecule has 2 aromatic rings. The van der Waals surface area contributed by atoms with Crippen LogP contribution in [0.3, 0.4) is 0 Å². The van der Waals surface area contributed by atoms with Gasteiger partial charge in [-0.3, -0.25) is 9.52 Å². The molecule has 13 heteroatoms. The van der Waals surface area contributed by atoms with Crippen molar-refractivity contribution in [2.45, 2.75) is 18.0 Å². The molecule has 0 radical (unpaired) electrons. The van der Waals surface area contributed by atoms with E-state index in [-0.39, 0.29) is 22.0 Å². The van der Waals surface area contributed by atoms with E-state index >= 15 is 0 Å². The first-order valence-corrected chi connectivity index (χ1v) is 11.8. The molecule has 1 heterocycles. The van der Waals surface area contributed by atoms with Gasteiger partial charge in [-0.2, -0.15) is 13.2 Å².